The highest BCUT2D eigenvalue weighted by atomic mass is 16.3. The molecule has 1 aliphatic rings. The molecule has 1 aromatic carbocycles. The van der Waals surface area contributed by atoms with Gasteiger partial charge < -0.3 is 15.7 Å². The first-order valence-electron chi connectivity index (χ1n) is 6.84. The van der Waals surface area contributed by atoms with Gasteiger partial charge in [0.1, 0.15) is 0 Å². The molecule has 0 saturated heterocycles. The Morgan fingerprint density at radius 3 is 2.89 bits per heavy atom. The molecule has 1 atom stereocenters. The van der Waals surface area contributed by atoms with E-state index in [2.05, 4.69) is 30.5 Å². The summed E-state index contributed by atoms with van der Waals surface area (Å²) in [5, 5.41) is 15.6. The number of nitrogens with one attached hydrogen (secondary N) is 2. The number of benzene rings is 1. The average molecular weight is 262 g/mol. The van der Waals surface area contributed by atoms with E-state index in [4.69, 9.17) is 0 Å². The Labute approximate surface area is 114 Å². The van der Waals surface area contributed by atoms with Gasteiger partial charge in [-0.1, -0.05) is 13.8 Å². The van der Waals surface area contributed by atoms with Crippen LogP contribution in [-0.2, 0) is 11.2 Å². The molecule has 0 radical (unpaired) electrons. The summed E-state index contributed by atoms with van der Waals surface area (Å²) in [6.07, 6.45) is 2.28. The molecular formula is C15H22N2O2. The lowest BCUT2D eigenvalue weighted by molar-refractivity contribution is -0.116. The zero-order chi connectivity index (χ0) is 13.9. The molecule has 3 N–H and O–H groups in total. The van der Waals surface area contributed by atoms with Crippen LogP contribution in [0.3, 0.4) is 0 Å². The molecule has 1 aliphatic heterocycles. The number of fused-ring (bicyclic) bond motifs is 1. The summed E-state index contributed by atoms with van der Waals surface area (Å²) in [5.41, 5.74) is 3.04. The van der Waals surface area contributed by atoms with Crippen LogP contribution >= 0.6 is 0 Å². The standard InChI is InChI=1S/C15H22N2O2/c1-3-15(2,10-18)9-16-12-5-6-13-11(8-12)4-7-14(19)17-13/h5-6,8,16,18H,3-4,7,9-10H2,1-2H3,(H,17,19). The van der Waals surface area contributed by atoms with Gasteiger partial charge in [0.25, 0.3) is 0 Å². The number of carbonyl (C=O) groups is 1. The Bertz CT molecular complexity index is 467. The maximum atomic E-state index is 11.3. The van der Waals surface area contributed by atoms with Crippen molar-refractivity contribution in [2.45, 2.75) is 33.1 Å². The predicted octanol–water partition coefficient (Wildman–Crippen LogP) is 2.39. The van der Waals surface area contributed by atoms with Crippen molar-refractivity contribution in [1.29, 1.82) is 0 Å². The van der Waals surface area contributed by atoms with Gasteiger partial charge in [0.2, 0.25) is 5.91 Å². The van der Waals surface area contributed by atoms with E-state index in [-0.39, 0.29) is 17.9 Å². The van der Waals surface area contributed by atoms with Crippen molar-refractivity contribution < 1.29 is 9.90 Å². The van der Waals surface area contributed by atoms with E-state index in [1.54, 1.807) is 0 Å². The summed E-state index contributed by atoms with van der Waals surface area (Å²) < 4.78 is 0. The molecule has 0 fully saturated rings. The Morgan fingerprint density at radius 2 is 2.21 bits per heavy atom. The molecule has 0 saturated carbocycles. The lowest BCUT2D eigenvalue weighted by atomic mass is 9.88. The maximum Gasteiger partial charge on any atom is 0.224 e. The molecule has 0 aromatic heterocycles. The highest BCUT2D eigenvalue weighted by Crippen LogP contribution is 2.27. The number of amides is 1. The first-order valence-corrected chi connectivity index (χ1v) is 6.84. The van der Waals surface area contributed by atoms with E-state index in [9.17, 15) is 9.90 Å². The van der Waals surface area contributed by atoms with Crippen LogP contribution in [0.5, 0.6) is 0 Å². The van der Waals surface area contributed by atoms with Crippen LogP contribution < -0.4 is 10.6 Å². The third-order valence-corrected chi connectivity index (χ3v) is 3.96. The maximum absolute atomic E-state index is 11.3. The van der Waals surface area contributed by atoms with E-state index >= 15 is 0 Å². The number of aliphatic hydroxyl groups excluding tert-OH is 1. The second-order valence-corrected chi connectivity index (χ2v) is 5.60. The highest BCUT2D eigenvalue weighted by Gasteiger charge is 2.21. The molecular weight excluding hydrogens is 240 g/mol. The number of anilines is 2. The fourth-order valence-electron chi connectivity index (χ4n) is 2.10. The Morgan fingerprint density at radius 1 is 1.42 bits per heavy atom. The molecule has 1 heterocycles. The van der Waals surface area contributed by atoms with Crippen molar-refractivity contribution in [1.82, 2.24) is 0 Å². The SMILES string of the molecule is CCC(C)(CO)CNc1ccc2c(c1)CCC(=O)N2. The van der Waals surface area contributed by atoms with Crippen molar-refractivity contribution in [2.75, 3.05) is 23.8 Å². The first kappa shape index (κ1) is 13.9. The Hall–Kier alpha value is -1.55. The number of hydrogen-bond donors (Lipinski definition) is 3. The van der Waals surface area contributed by atoms with Gasteiger partial charge in [-0.3, -0.25) is 4.79 Å². The van der Waals surface area contributed by atoms with E-state index < -0.39 is 0 Å². The zero-order valence-corrected chi connectivity index (χ0v) is 11.6. The van der Waals surface area contributed by atoms with Gasteiger partial charge in [-0.25, -0.2) is 0 Å². The summed E-state index contributed by atoms with van der Waals surface area (Å²) in [5.74, 6) is 0.0899. The van der Waals surface area contributed by atoms with Gasteiger partial charge in [0.15, 0.2) is 0 Å². The van der Waals surface area contributed by atoms with E-state index in [0.29, 0.717) is 6.42 Å². The van der Waals surface area contributed by atoms with Gasteiger partial charge >= 0.3 is 0 Å². The van der Waals surface area contributed by atoms with Crippen molar-refractivity contribution >= 4 is 17.3 Å². The Kier molecular flexibility index (Phi) is 4.10. The zero-order valence-electron chi connectivity index (χ0n) is 11.6. The van der Waals surface area contributed by atoms with Crippen molar-refractivity contribution in [3.05, 3.63) is 23.8 Å². The molecule has 2 rings (SSSR count). The third-order valence-electron chi connectivity index (χ3n) is 3.96. The molecule has 104 valence electrons. The van der Waals surface area contributed by atoms with Crippen molar-refractivity contribution in [2.24, 2.45) is 5.41 Å². The summed E-state index contributed by atoms with van der Waals surface area (Å²) >= 11 is 0. The third kappa shape index (κ3) is 3.26. The minimum absolute atomic E-state index is 0.0899. The smallest absolute Gasteiger partial charge is 0.224 e. The molecule has 4 nitrogen and oxygen atoms in total. The van der Waals surface area contributed by atoms with Crippen LogP contribution in [0.25, 0.3) is 0 Å². The van der Waals surface area contributed by atoms with Crippen LogP contribution in [0.1, 0.15) is 32.3 Å². The minimum Gasteiger partial charge on any atom is -0.396 e. The monoisotopic (exact) mass is 262 g/mol. The van der Waals surface area contributed by atoms with Gasteiger partial charge in [-0.05, 0) is 36.6 Å². The number of aryl methyl sites for hydroxylation is 1. The molecule has 0 bridgehead atoms. The molecule has 4 heteroatoms. The van der Waals surface area contributed by atoms with Crippen LogP contribution in [-0.4, -0.2) is 24.2 Å². The summed E-state index contributed by atoms with van der Waals surface area (Å²) in [6, 6.07) is 6.00. The molecule has 1 aromatic rings. The summed E-state index contributed by atoms with van der Waals surface area (Å²) in [7, 11) is 0. The second kappa shape index (κ2) is 5.61. The minimum atomic E-state index is -0.0931. The van der Waals surface area contributed by atoms with Gasteiger partial charge in [-0.15, -0.1) is 0 Å². The van der Waals surface area contributed by atoms with Gasteiger partial charge in [0, 0.05) is 29.8 Å². The van der Waals surface area contributed by atoms with Gasteiger partial charge in [-0.2, -0.15) is 0 Å². The van der Waals surface area contributed by atoms with Crippen LogP contribution in [0, 0.1) is 5.41 Å². The van der Waals surface area contributed by atoms with E-state index in [0.717, 1.165) is 30.8 Å². The molecule has 1 amide bonds. The van der Waals surface area contributed by atoms with Crippen LogP contribution in [0.2, 0.25) is 0 Å². The number of rotatable bonds is 5. The first-order chi connectivity index (χ1) is 9.06. The lowest BCUT2D eigenvalue weighted by Gasteiger charge is -2.27. The predicted molar refractivity (Wildman–Crippen MR) is 77.4 cm³/mol. The number of hydrogen-bond acceptors (Lipinski definition) is 3. The fraction of sp³-hybridized carbons (Fsp3) is 0.533. The van der Waals surface area contributed by atoms with Crippen molar-refractivity contribution in [3.63, 3.8) is 0 Å². The summed E-state index contributed by atoms with van der Waals surface area (Å²) in [4.78, 5) is 11.3. The second-order valence-electron chi connectivity index (χ2n) is 5.60. The van der Waals surface area contributed by atoms with Gasteiger partial charge in [0.05, 0.1) is 6.61 Å². The van der Waals surface area contributed by atoms with Crippen LogP contribution in [0.15, 0.2) is 18.2 Å². The number of aliphatic hydroxyl groups is 1. The molecule has 1 unspecified atom stereocenters. The van der Waals surface area contributed by atoms with E-state index in [1.165, 1.54) is 5.56 Å². The number of carbonyl (C=O) groups excluding carboxylic acids is 1. The average Bonchev–Trinajstić information content (AvgIpc) is 2.44. The lowest BCUT2D eigenvalue weighted by Crippen LogP contribution is -2.29. The van der Waals surface area contributed by atoms with Crippen LogP contribution in [0.4, 0.5) is 11.4 Å². The molecule has 0 spiro atoms. The molecule has 0 aliphatic carbocycles. The normalized spacial score (nSPS) is 17.3. The quantitative estimate of drug-likeness (QED) is 0.763. The Balaban J connectivity index is 2.05. The van der Waals surface area contributed by atoms with Crippen molar-refractivity contribution in [3.8, 4) is 0 Å². The highest BCUT2D eigenvalue weighted by molar-refractivity contribution is 5.94. The topological polar surface area (TPSA) is 61.4 Å². The molecule has 19 heavy (non-hydrogen) atoms. The fourth-order valence-corrected chi connectivity index (χ4v) is 2.10. The largest absolute Gasteiger partial charge is 0.396 e. The van der Waals surface area contributed by atoms with E-state index in [1.807, 2.05) is 12.1 Å². The summed E-state index contributed by atoms with van der Waals surface area (Å²) in [6.45, 7) is 5.07.